The molecule has 0 amide bonds. The standard InChI is InChI=1S/C15H17N5O.ClH/c21-15-13-6-2-3-7-14(13)17-18-20(15)10-5-1-4-9-19-11-8-16-12-19;/h2-3,6-8,11-12H,1,4-5,9-10H2;1H. The van der Waals surface area contributed by atoms with Crippen LogP contribution in [0.4, 0.5) is 0 Å². The Labute approximate surface area is 134 Å². The lowest BCUT2D eigenvalue weighted by Gasteiger charge is -2.05. The molecule has 22 heavy (non-hydrogen) atoms. The summed E-state index contributed by atoms with van der Waals surface area (Å²) in [5, 5.41) is 8.71. The SMILES string of the molecule is Cl.O=c1c2ccccc2nnn1CCCCCn1ccnc1. The largest absolute Gasteiger partial charge is 0.337 e. The first-order valence-electron chi connectivity index (χ1n) is 7.13. The van der Waals surface area contributed by atoms with E-state index in [2.05, 4.69) is 19.9 Å². The molecular weight excluding hydrogens is 302 g/mol. The highest BCUT2D eigenvalue weighted by Crippen LogP contribution is 2.04. The minimum absolute atomic E-state index is 0. The quantitative estimate of drug-likeness (QED) is 0.654. The summed E-state index contributed by atoms with van der Waals surface area (Å²) < 4.78 is 3.52. The summed E-state index contributed by atoms with van der Waals surface area (Å²) in [6.45, 7) is 1.57. The molecule has 2 aromatic heterocycles. The van der Waals surface area contributed by atoms with Crippen molar-refractivity contribution in [3.05, 3.63) is 53.3 Å². The van der Waals surface area contributed by atoms with Crippen molar-refractivity contribution < 1.29 is 0 Å². The molecule has 0 aliphatic rings. The van der Waals surface area contributed by atoms with Gasteiger partial charge in [-0.25, -0.2) is 9.67 Å². The molecule has 3 aromatic rings. The smallest absolute Gasteiger partial charge is 0.277 e. The van der Waals surface area contributed by atoms with Crippen LogP contribution in [-0.2, 0) is 13.1 Å². The molecule has 0 bridgehead atoms. The Kier molecular flexibility index (Phi) is 5.66. The maximum Gasteiger partial charge on any atom is 0.277 e. The predicted molar refractivity (Wildman–Crippen MR) is 87.1 cm³/mol. The minimum atomic E-state index is -0.0600. The van der Waals surface area contributed by atoms with Crippen molar-refractivity contribution in [2.45, 2.75) is 32.4 Å². The van der Waals surface area contributed by atoms with Crippen LogP contribution in [0.1, 0.15) is 19.3 Å². The molecular formula is C15H18ClN5O. The van der Waals surface area contributed by atoms with Crippen molar-refractivity contribution in [3.63, 3.8) is 0 Å². The van der Waals surface area contributed by atoms with Crippen LogP contribution < -0.4 is 5.56 Å². The molecule has 0 radical (unpaired) electrons. The van der Waals surface area contributed by atoms with Crippen LogP contribution in [0, 0.1) is 0 Å². The molecule has 7 heteroatoms. The van der Waals surface area contributed by atoms with Gasteiger partial charge in [0.2, 0.25) is 0 Å². The number of halogens is 1. The lowest BCUT2D eigenvalue weighted by atomic mass is 10.2. The molecule has 0 saturated heterocycles. The van der Waals surface area contributed by atoms with Gasteiger partial charge >= 0.3 is 0 Å². The number of imidazole rings is 1. The molecule has 0 fully saturated rings. The number of unbranched alkanes of at least 4 members (excludes halogenated alkanes) is 2. The number of hydrogen-bond acceptors (Lipinski definition) is 4. The molecule has 2 heterocycles. The molecule has 0 saturated carbocycles. The van der Waals surface area contributed by atoms with Crippen LogP contribution >= 0.6 is 12.4 Å². The predicted octanol–water partition coefficient (Wildman–Crippen LogP) is 2.28. The van der Waals surface area contributed by atoms with Crippen molar-refractivity contribution >= 4 is 23.3 Å². The highest BCUT2D eigenvalue weighted by molar-refractivity contribution is 5.85. The fraction of sp³-hybridized carbons (Fsp3) is 0.333. The first kappa shape index (κ1) is 16.2. The van der Waals surface area contributed by atoms with Gasteiger partial charge in [-0.15, -0.1) is 17.5 Å². The number of nitrogens with zero attached hydrogens (tertiary/aromatic N) is 5. The molecule has 0 unspecified atom stereocenters. The van der Waals surface area contributed by atoms with Crippen LogP contribution in [0.5, 0.6) is 0 Å². The highest BCUT2D eigenvalue weighted by atomic mass is 35.5. The number of hydrogen-bond donors (Lipinski definition) is 0. The van der Waals surface area contributed by atoms with E-state index in [9.17, 15) is 4.79 Å². The van der Waals surface area contributed by atoms with E-state index >= 15 is 0 Å². The average molecular weight is 320 g/mol. The van der Waals surface area contributed by atoms with E-state index in [-0.39, 0.29) is 18.0 Å². The summed E-state index contributed by atoms with van der Waals surface area (Å²) in [5.74, 6) is 0. The van der Waals surface area contributed by atoms with Gasteiger partial charge in [0.05, 0.1) is 11.7 Å². The minimum Gasteiger partial charge on any atom is -0.337 e. The van der Waals surface area contributed by atoms with Gasteiger partial charge in [0.1, 0.15) is 5.52 Å². The third-order valence-electron chi connectivity index (χ3n) is 3.47. The molecule has 0 N–H and O–H groups in total. The van der Waals surface area contributed by atoms with Gasteiger partial charge in [-0.1, -0.05) is 17.3 Å². The lowest BCUT2D eigenvalue weighted by Crippen LogP contribution is -2.24. The van der Waals surface area contributed by atoms with Crippen molar-refractivity contribution in [2.24, 2.45) is 0 Å². The zero-order valence-electron chi connectivity index (χ0n) is 12.1. The van der Waals surface area contributed by atoms with Gasteiger partial charge in [0.15, 0.2) is 0 Å². The number of rotatable bonds is 6. The van der Waals surface area contributed by atoms with Gasteiger partial charge in [0.25, 0.3) is 5.56 Å². The number of aromatic nitrogens is 5. The number of fused-ring (bicyclic) bond motifs is 1. The zero-order valence-corrected chi connectivity index (χ0v) is 12.9. The third kappa shape index (κ3) is 3.71. The van der Waals surface area contributed by atoms with E-state index < -0.39 is 0 Å². The second-order valence-electron chi connectivity index (χ2n) is 5.00. The highest BCUT2D eigenvalue weighted by Gasteiger charge is 2.04. The molecule has 3 rings (SSSR count). The molecule has 0 aliphatic carbocycles. The third-order valence-corrected chi connectivity index (χ3v) is 3.47. The van der Waals surface area contributed by atoms with E-state index in [0.29, 0.717) is 17.4 Å². The van der Waals surface area contributed by atoms with Gasteiger partial charge < -0.3 is 4.57 Å². The Balaban J connectivity index is 0.00000176. The van der Waals surface area contributed by atoms with Crippen LogP contribution in [0.2, 0.25) is 0 Å². The summed E-state index contributed by atoms with van der Waals surface area (Å²) in [6, 6.07) is 7.30. The second kappa shape index (κ2) is 7.70. The second-order valence-corrected chi connectivity index (χ2v) is 5.00. The fourth-order valence-electron chi connectivity index (χ4n) is 2.32. The van der Waals surface area contributed by atoms with E-state index in [1.165, 1.54) is 4.68 Å². The van der Waals surface area contributed by atoms with Crippen molar-refractivity contribution in [1.82, 2.24) is 24.5 Å². The van der Waals surface area contributed by atoms with E-state index in [1.54, 1.807) is 18.3 Å². The van der Waals surface area contributed by atoms with E-state index in [1.807, 2.05) is 24.7 Å². The average Bonchev–Trinajstić information content (AvgIpc) is 3.03. The van der Waals surface area contributed by atoms with Crippen LogP contribution in [0.15, 0.2) is 47.8 Å². The summed E-state index contributed by atoms with van der Waals surface area (Å²) in [4.78, 5) is 16.2. The van der Waals surface area contributed by atoms with Gasteiger partial charge in [-0.05, 0) is 31.4 Å². The van der Waals surface area contributed by atoms with Gasteiger partial charge in [-0.2, -0.15) is 0 Å². The maximum absolute atomic E-state index is 12.2. The van der Waals surface area contributed by atoms with Crippen LogP contribution in [0.25, 0.3) is 10.9 Å². The maximum atomic E-state index is 12.2. The Morgan fingerprint density at radius 1 is 1.05 bits per heavy atom. The fourth-order valence-corrected chi connectivity index (χ4v) is 2.32. The lowest BCUT2D eigenvalue weighted by molar-refractivity contribution is 0.489. The Morgan fingerprint density at radius 3 is 2.68 bits per heavy atom. The molecule has 0 spiro atoms. The van der Waals surface area contributed by atoms with Gasteiger partial charge in [0, 0.05) is 25.5 Å². The van der Waals surface area contributed by atoms with E-state index in [4.69, 9.17) is 0 Å². The number of benzene rings is 1. The molecule has 1 aromatic carbocycles. The molecule has 0 aliphatic heterocycles. The monoisotopic (exact) mass is 319 g/mol. The first-order chi connectivity index (χ1) is 10.3. The van der Waals surface area contributed by atoms with Crippen molar-refractivity contribution in [2.75, 3.05) is 0 Å². The Hall–Kier alpha value is -2.21. The summed E-state index contributed by atoms with van der Waals surface area (Å²) in [6.07, 6.45) is 8.58. The normalized spacial score (nSPS) is 10.5. The Bertz CT molecular complexity index is 769. The van der Waals surface area contributed by atoms with Crippen molar-refractivity contribution in [3.8, 4) is 0 Å². The topological polar surface area (TPSA) is 65.6 Å². The molecule has 6 nitrogen and oxygen atoms in total. The first-order valence-corrected chi connectivity index (χ1v) is 7.13. The summed E-state index contributed by atoms with van der Waals surface area (Å²) in [5.41, 5.74) is 0.592. The number of aryl methyl sites for hydroxylation is 2. The van der Waals surface area contributed by atoms with Crippen LogP contribution in [0.3, 0.4) is 0 Å². The van der Waals surface area contributed by atoms with E-state index in [0.717, 1.165) is 25.8 Å². The van der Waals surface area contributed by atoms with Crippen molar-refractivity contribution in [1.29, 1.82) is 0 Å². The molecule has 116 valence electrons. The summed E-state index contributed by atoms with van der Waals surface area (Å²) >= 11 is 0. The molecule has 0 atom stereocenters. The van der Waals surface area contributed by atoms with Gasteiger partial charge in [-0.3, -0.25) is 4.79 Å². The summed E-state index contributed by atoms with van der Waals surface area (Å²) in [7, 11) is 0. The van der Waals surface area contributed by atoms with Crippen LogP contribution in [-0.4, -0.2) is 24.5 Å². The zero-order chi connectivity index (χ0) is 14.5. The Morgan fingerprint density at radius 2 is 1.86 bits per heavy atom.